The van der Waals surface area contributed by atoms with Gasteiger partial charge in [0.1, 0.15) is 5.75 Å². The molecule has 0 radical (unpaired) electrons. The number of nitrogens with one attached hydrogen (secondary N) is 1. The maximum absolute atomic E-state index is 12.4. The van der Waals surface area contributed by atoms with Crippen LogP contribution in [0.5, 0.6) is 5.75 Å². The van der Waals surface area contributed by atoms with Crippen LogP contribution in [0.1, 0.15) is 16.1 Å². The third kappa shape index (κ3) is 4.44. The Morgan fingerprint density at radius 2 is 1.83 bits per heavy atom. The van der Waals surface area contributed by atoms with Crippen molar-refractivity contribution in [3.8, 4) is 5.75 Å². The number of hydrogen-bond acceptors (Lipinski definition) is 6. The van der Waals surface area contributed by atoms with E-state index in [0.717, 1.165) is 0 Å². The van der Waals surface area contributed by atoms with E-state index in [1.54, 1.807) is 48.5 Å². The summed E-state index contributed by atoms with van der Waals surface area (Å²) in [5.74, 6) is -0.298. The fourth-order valence-corrected chi connectivity index (χ4v) is 3.49. The van der Waals surface area contributed by atoms with Gasteiger partial charge in [0.25, 0.3) is 11.5 Å². The standard InChI is InChI=1S/C22H17N3O4S/c26-20(11-12-25-14-23-18-5-2-1-4-17(18)22(25)28)29-16-9-7-15(8-10-16)24-21(27)19-6-3-13-30-19/h1-10,13-14H,11-12H2,(H,24,27). The summed E-state index contributed by atoms with van der Waals surface area (Å²) >= 11 is 1.36. The predicted octanol–water partition coefficient (Wildman–Crippen LogP) is 3.71. The summed E-state index contributed by atoms with van der Waals surface area (Å²) in [6.07, 6.45) is 1.46. The Morgan fingerprint density at radius 1 is 1.03 bits per heavy atom. The predicted molar refractivity (Wildman–Crippen MR) is 115 cm³/mol. The minimum Gasteiger partial charge on any atom is -0.426 e. The Bertz CT molecular complexity index is 1250. The SMILES string of the molecule is O=C(CCn1cnc2ccccc2c1=O)Oc1ccc(NC(=O)c2cccs2)cc1. The minimum absolute atomic E-state index is 0.0246. The van der Waals surface area contributed by atoms with E-state index in [1.807, 2.05) is 17.5 Å². The van der Waals surface area contributed by atoms with Crippen molar-refractivity contribution in [3.63, 3.8) is 0 Å². The van der Waals surface area contributed by atoms with Crippen LogP contribution >= 0.6 is 11.3 Å². The topological polar surface area (TPSA) is 90.3 Å². The lowest BCUT2D eigenvalue weighted by Gasteiger charge is -2.08. The molecular formula is C22H17N3O4S. The third-order valence-corrected chi connectivity index (χ3v) is 5.25. The van der Waals surface area contributed by atoms with Gasteiger partial charge in [-0.25, -0.2) is 4.98 Å². The number of benzene rings is 2. The summed E-state index contributed by atoms with van der Waals surface area (Å²) in [6.45, 7) is 0.171. The average Bonchev–Trinajstić information content (AvgIpc) is 3.30. The Balaban J connectivity index is 1.33. The second-order valence-electron chi connectivity index (χ2n) is 6.44. The molecule has 2 aromatic carbocycles. The molecule has 0 aliphatic rings. The number of ether oxygens (including phenoxy) is 1. The van der Waals surface area contributed by atoms with Gasteiger partial charge in [-0.1, -0.05) is 18.2 Å². The molecule has 0 bridgehead atoms. The molecule has 0 atom stereocenters. The number of thiophene rings is 1. The number of nitrogens with zero attached hydrogens (tertiary/aromatic N) is 2. The second-order valence-corrected chi connectivity index (χ2v) is 7.39. The van der Waals surface area contributed by atoms with Crippen LogP contribution in [-0.4, -0.2) is 21.4 Å². The fraction of sp³-hybridized carbons (Fsp3) is 0.0909. The first-order valence-corrected chi connectivity index (χ1v) is 10.1. The smallest absolute Gasteiger partial charge is 0.312 e. The maximum Gasteiger partial charge on any atom is 0.312 e. The van der Waals surface area contributed by atoms with E-state index in [0.29, 0.717) is 27.2 Å². The normalized spacial score (nSPS) is 10.7. The van der Waals surface area contributed by atoms with Crippen LogP contribution in [0.4, 0.5) is 5.69 Å². The minimum atomic E-state index is -0.467. The van der Waals surface area contributed by atoms with Gasteiger partial charge in [-0.05, 0) is 47.8 Å². The number of fused-ring (bicyclic) bond motifs is 1. The molecule has 0 saturated heterocycles. The summed E-state index contributed by atoms with van der Waals surface area (Å²) in [5, 5.41) is 5.12. The van der Waals surface area contributed by atoms with Gasteiger partial charge in [0.05, 0.1) is 28.5 Å². The molecule has 8 heteroatoms. The van der Waals surface area contributed by atoms with Gasteiger partial charge in [-0.15, -0.1) is 11.3 Å². The lowest BCUT2D eigenvalue weighted by Crippen LogP contribution is -2.23. The molecule has 2 aromatic heterocycles. The number of esters is 1. The summed E-state index contributed by atoms with van der Waals surface area (Å²) in [6, 6.07) is 17.1. The van der Waals surface area contributed by atoms with E-state index in [-0.39, 0.29) is 24.4 Å². The van der Waals surface area contributed by atoms with Gasteiger partial charge in [-0.3, -0.25) is 19.0 Å². The Kier molecular flexibility index (Phi) is 5.67. The Labute approximate surface area is 175 Å². The molecule has 0 fully saturated rings. The van der Waals surface area contributed by atoms with Gasteiger partial charge >= 0.3 is 5.97 Å². The first-order chi connectivity index (χ1) is 14.6. The van der Waals surface area contributed by atoms with Crippen LogP contribution in [-0.2, 0) is 11.3 Å². The van der Waals surface area contributed by atoms with Crippen molar-refractivity contribution in [1.82, 2.24) is 9.55 Å². The number of rotatable bonds is 6. The lowest BCUT2D eigenvalue weighted by atomic mass is 10.2. The number of anilines is 1. The molecule has 4 aromatic rings. The molecule has 0 spiro atoms. The number of para-hydroxylation sites is 1. The number of carbonyl (C=O) groups is 2. The molecule has 150 valence electrons. The van der Waals surface area contributed by atoms with E-state index >= 15 is 0 Å². The zero-order valence-corrected chi connectivity index (χ0v) is 16.6. The van der Waals surface area contributed by atoms with E-state index in [4.69, 9.17) is 4.74 Å². The van der Waals surface area contributed by atoms with Crippen molar-refractivity contribution in [2.45, 2.75) is 13.0 Å². The van der Waals surface area contributed by atoms with Crippen molar-refractivity contribution >= 4 is 39.8 Å². The summed E-state index contributed by atoms with van der Waals surface area (Å²) < 4.78 is 6.71. The Morgan fingerprint density at radius 3 is 2.60 bits per heavy atom. The number of amides is 1. The molecule has 0 aliphatic carbocycles. The largest absolute Gasteiger partial charge is 0.426 e. The summed E-state index contributed by atoms with van der Waals surface area (Å²) in [4.78, 5) is 41.5. The van der Waals surface area contributed by atoms with Gasteiger partial charge < -0.3 is 10.1 Å². The van der Waals surface area contributed by atoms with Crippen LogP contribution < -0.4 is 15.6 Å². The number of hydrogen-bond donors (Lipinski definition) is 1. The highest BCUT2D eigenvalue weighted by Crippen LogP contribution is 2.18. The monoisotopic (exact) mass is 419 g/mol. The van der Waals surface area contributed by atoms with E-state index in [2.05, 4.69) is 10.3 Å². The molecule has 1 amide bonds. The van der Waals surface area contributed by atoms with Gasteiger partial charge in [0.2, 0.25) is 0 Å². The molecule has 0 saturated carbocycles. The molecule has 7 nitrogen and oxygen atoms in total. The lowest BCUT2D eigenvalue weighted by molar-refractivity contribution is -0.134. The van der Waals surface area contributed by atoms with Crippen LogP contribution in [0.3, 0.4) is 0 Å². The molecule has 0 aliphatic heterocycles. The fourth-order valence-electron chi connectivity index (χ4n) is 2.87. The molecule has 4 rings (SSSR count). The highest BCUT2D eigenvalue weighted by atomic mass is 32.1. The third-order valence-electron chi connectivity index (χ3n) is 4.38. The first-order valence-electron chi connectivity index (χ1n) is 9.20. The van der Waals surface area contributed by atoms with Gasteiger partial charge in [0, 0.05) is 12.2 Å². The molecule has 2 heterocycles. The van der Waals surface area contributed by atoms with E-state index in [1.165, 1.54) is 22.2 Å². The highest BCUT2D eigenvalue weighted by Gasteiger charge is 2.10. The second kappa shape index (κ2) is 8.71. The summed E-state index contributed by atoms with van der Waals surface area (Å²) in [7, 11) is 0. The maximum atomic E-state index is 12.4. The molecule has 0 unspecified atom stereocenters. The molecule has 30 heavy (non-hydrogen) atoms. The first kappa shape index (κ1) is 19.5. The van der Waals surface area contributed by atoms with Crippen molar-refractivity contribution in [2.75, 3.05) is 5.32 Å². The van der Waals surface area contributed by atoms with Crippen LogP contribution in [0.15, 0.2) is 77.2 Å². The number of aromatic nitrogens is 2. The van der Waals surface area contributed by atoms with Crippen LogP contribution in [0.25, 0.3) is 10.9 Å². The highest BCUT2D eigenvalue weighted by molar-refractivity contribution is 7.12. The number of aryl methyl sites for hydroxylation is 1. The zero-order valence-electron chi connectivity index (χ0n) is 15.8. The Hall–Kier alpha value is -3.78. The summed E-state index contributed by atoms with van der Waals surface area (Å²) in [5.41, 5.74) is 1.02. The van der Waals surface area contributed by atoms with E-state index in [9.17, 15) is 14.4 Å². The zero-order chi connectivity index (χ0) is 20.9. The number of carbonyl (C=O) groups excluding carboxylic acids is 2. The van der Waals surface area contributed by atoms with Crippen molar-refractivity contribution in [1.29, 1.82) is 0 Å². The molecular weight excluding hydrogens is 402 g/mol. The van der Waals surface area contributed by atoms with Crippen LogP contribution in [0, 0.1) is 0 Å². The average molecular weight is 419 g/mol. The van der Waals surface area contributed by atoms with Gasteiger partial charge in [0.15, 0.2) is 0 Å². The van der Waals surface area contributed by atoms with Gasteiger partial charge in [-0.2, -0.15) is 0 Å². The van der Waals surface area contributed by atoms with Crippen molar-refractivity contribution in [2.24, 2.45) is 0 Å². The van der Waals surface area contributed by atoms with Crippen LogP contribution in [0.2, 0.25) is 0 Å². The van der Waals surface area contributed by atoms with E-state index < -0.39 is 5.97 Å². The van der Waals surface area contributed by atoms with Crippen molar-refractivity contribution < 1.29 is 14.3 Å². The molecule has 1 N–H and O–H groups in total. The quantitative estimate of drug-likeness (QED) is 0.380. The van der Waals surface area contributed by atoms with Crippen molar-refractivity contribution in [3.05, 3.63) is 87.6 Å².